The van der Waals surface area contributed by atoms with Crippen molar-refractivity contribution in [3.63, 3.8) is 0 Å². The van der Waals surface area contributed by atoms with Gasteiger partial charge in [0.15, 0.2) is 5.78 Å². The maximum absolute atomic E-state index is 12.0. The normalized spacial score (nSPS) is 13.7. The number of carbonyl (C=O) groups excluding carboxylic acids is 3. The van der Waals surface area contributed by atoms with Crippen LogP contribution in [-0.2, 0) is 9.59 Å². The van der Waals surface area contributed by atoms with Gasteiger partial charge >= 0.3 is 0 Å². The van der Waals surface area contributed by atoms with Gasteiger partial charge in [-0.05, 0) is 24.3 Å². The van der Waals surface area contributed by atoms with Crippen molar-refractivity contribution in [3.8, 4) is 5.75 Å². The van der Waals surface area contributed by atoms with E-state index in [1.165, 1.54) is 0 Å². The van der Waals surface area contributed by atoms with Crippen molar-refractivity contribution in [1.29, 1.82) is 0 Å². The van der Waals surface area contributed by atoms with Crippen LogP contribution in [0, 0.1) is 5.92 Å². The molecule has 0 aliphatic carbocycles. The molecule has 2 rings (SSSR count). The minimum absolute atomic E-state index is 0.0741. The average Bonchev–Trinajstić information content (AvgIpc) is 2.56. The van der Waals surface area contributed by atoms with Gasteiger partial charge in [0.25, 0.3) is 0 Å². The summed E-state index contributed by atoms with van der Waals surface area (Å²) in [5, 5.41) is 8.47. The first kappa shape index (κ1) is 17.9. The molecule has 0 spiro atoms. The van der Waals surface area contributed by atoms with E-state index in [4.69, 9.17) is 4.74 Å². The molecule has 0 radical (unpaired) electrons. The van der Waals surface area contributed by atoms with Gasteiger partial charge in [0, 0.05) is 44.0 Å². The lowest BCUT2D eigenvalue weighted by atomic mass is 10.0. The summed E-state index contributed by atoms with van der Waals surface area (Å²) in [6.45, 7) is 2.41. The molecule has 1 fully saturated rings. The Bertz CT molecular complexity index is 582. The van der Waals surface area contributed by atoms with Crippen LogP contribution in [-0.4, -0.2) is 50.9 Å². The van der Waals surface area contributed by atoms with Crippen LogP contribution in [0.4, 0.5) is 0 Å². The van der Waals surface area contributed by atoms with E-state index in [0.717, 1.165) is 13.1 Å². The lowest BCUT2D eigenvalue weighted by Gasteiger charge is -2.27. The number of carbonyl (C=O) groups is 3. The van der Waals surface area contributed by atoms with Crippen molar-refractivity contribution < 1.29 is 19.1 Å². The largest absolute Gasteiger partial charge is 0.497 e. The molecule has 7 nitrogen and oxygen atoms in total. The highest BCUT2D eigenvalue weighted by atomic mass is 16.5. The fourth-order valence-electron chi connectivity index (χ4n) is 2.21. The van der Waals surface area contributed by atoms with Crippen molar-refractivity contribution in [1.82, 2.24) is 16.0 Å². The van der Waals surface area contributed by atoms with E-state index in [0.29, 0.717) is 23.8 Å². The van der Waals surface area contributed by atoms with E-state index in [2.05, 4.69) is 16.0 Å². The Morgan fingerprint density at radius 1 is 1.08 bits per heavy atom. The molecule has 1 aliphatic rings. The van der Waals surface area contributed by atoms with Crippen molar-refractivity contribution in [2.45, 2.75) is 12.8 Å². The lowest BCUT2D eigenvalue weighted by Crippen LogP contribution is -2.48. The van der Waals surface area contributed by atoms with Gasteiger partial charge in [-0.15, -0.1) is 0 Å². The van der Waals surface area contributed by atoms with Crippen LogP contribution in [0.3, 0.4) is 0 Å². The number of methoxy groups -OCH3 is 1. The summed E-state index contributed by atoms with van der Waals surface area (Å²) < 4.78 is 5.02. The number of Topliss-reactive ketones (excluding diaryl/α,β-unsaturated/α-hetero) is 1. The van der Waals surface area contributed by atoms with Gasteiger partial charge in [-0.25, -0.2) is 0 Å². The molecular formula is C17H23N3O4. The van der Waals surface area contributed by atoms with Gasteiger partial charge in [0.05, 0.1) is 13.7 Å². The minimum atomic E-state index is -0.308. The third-order valence-electron chi connectivity index (χ3n) is 3.89. The summed E-state index contributed by atoms with van der Waals surface area (Å²) in [6, 6.07) is 6.68. The molecule has 1 saturated heterocycles. The summed E-state index contributed by atoms with van der Waals surface area (Å²) in [4.78, 5) is 35.3. The molecule has 7 heteroatoms. The van der Waals surface area contributed by atoms with Crippen molar-refractivity contribution in [3.05, 3.63) is 29.8 Å². The van der Waals surface area contributed by atoms with E-state index >= 15 is 0 Å². The van der Waals surface area contributed by atoms with E-state index in [1.54, 1.807) is 31.4 Å². The summed E-state index contributed by atoms with van der Waals surface area (Å²) >= 11 is 0. The number of benzene rings is 1. The standard InChI is InChI=1S/C17H23N3O4/c1-24-14-4-2-13(3-5-14)15(21)11-20-17(23)7-6-16(22)19-10-12-8-18-9-12/h2-5,12,18H,6-11H2,1H3,(H,19,22)(H,20,23). The third-order valence-corrected chi connectivity index (χ3v) is 3.89. The number of ether oxygens (including phenoxy) is 1. The molecule has 24 heavy (non-hydrogen) atoms. The summed E-state index contributed by atoms with van der Waals surface area (Å²) in [5.41, 5.74) is 0.503. The van der Waals surface area contributed by atoms with Gasteiger partial charge in [-0.2, -0.15) is 0 Å². The third kappa shape index (κ3) is 5.66. The predicted molar refractivity (Wildman–Crippen MR) is 88.9 cm³/mol. The maximum atomic E-state index is 12.0. The molecule has 1 aromatic carbocycles. The van der Waals surface area contributed by atoms with Gasteiger partial charge < -0.3 is 20.7 Å². The van der Waals surface area contributed by atoms with Crippen LogP contribution in [0.25, 0.3) is 0 Å². The van der Waals surface area contributed by atoms with Crippen LogP contribution in [0.5, 0.6) is 5.75 Å². The molecule has 0 unspecified atom stereocenters. The summed E-state index contributed by atoms with van der Waals surface area (Å²) in [7, 11) is 1.55. The van der Waals surface area contributed by atoms with Crippen LogP contribution in [0.2, 0.25) is 0 Å². The molecule has 1 aliphatic heterocycles. The quantitative estimate of drug-likeness (QED) is 0.558. The minimum Gasteiger partial charge on any atom is -0.497 e. The van der Waals surface area contributed by atoms with Crippen molar-refractivity contribution in [2.75, 3.05) is 33.3 Å². The first-order valence-electron chi connectivity index (χ1n) is 8.00. The molecule has 130 valence electrons. The van der Waals surface area contributed by atoms with E-state index in [-0.39, 0.29) is 37.0 Å². The number of rotatable bonds is 9. The Hall–Kier alpha value is -2.41. The Morgan fingerprint density at radius 2 is 1.71 bits per heavy atom. The molecule has 2 amide bonds. The molecule has 1 heterocycles. The highest BCUT2D eigenvalue weighted by Crippen LogP contribution is 2.11. The molecule has 0 bridgehead atoms. The Balaban J connectivity index is 1.62. The SMILES string of the molecule is COc1ccc(C(=O)CNC(=O)CCC(=O)NCC2CNC2)cc1. The van der Waals surface area contributed by atoms with E-state index < -0.39 is 0 Å². The van der Waals surface area contributed by atoms with Gasteiger partial charge in [0.1, 0.15) is 5.75 Å². The summed E-state index contributed by atoms with van der Waals surface area (Å²) in [5.74, 6) is 0.521. The van der Waals surface area contributed by atoms with Crippen LogP contribution >= 0.6 is 0 Å². The highest BCUT2D eigenvalue weighted by molar-refractivity contribution is 5.99. The number of ketones is 1. The van der Waals surface area contributed by atoms with E-state index in [9.17, 15) is 14.4 Å². The molecule has 0 aromatic heterocycles. The molecule has 3 N–H and O–H groups in total. The zero-order chi connectivity index (χ0) is 17.4. The van der Waals surface area contributed by atoms with E-state index in [1.807, 2.05) is 0 Å². The average molecular weight is 333 g/mol. The van der Waals surface area contributed by atoms with Crippen molar-refractivity contribution in [2.24, 2.45) is 5.92 Å². The number of nitrogens with one attached hydrogen (secondary N) is 3. The monoisotopic (exact) mass is 333 g/mol. The second kappa shape index (κ2) is 9.02. The molecular weight excluding hydrogens is 310 g/mol. The van der Waals surface area contributed by atoms with Crippen LogP contribution in [0.1, 0.15) is 23.2 Å². The predicted octanol–water partition coefficient (Wildman–Crippen LogP) is 0.110. The smallest absolute Gasteiger partial charge is 0.220 e. The highest BCUT2D eigenvalue weighted by Gasteiger charge is 2.17. The summed E-state index contributed by atoms with van der Waals surface area (Å²) in [6.07, 6.45) is 0.202. The second-order valence-corrected chi connectivity index (χ2v) is 5.76. The second-order valence-electron chi connectivity index (χ2n) is 5.76. The van der Waals surface area contributed by atoms with Crippen molar-refractivity contribution >= 4 is 17.6 Å². The maximum Gasteiger partial charge on any atom is 0.220 e. The molecule has 0 atom stereocenters. The fraction of sp³-hybridized carbons (Fsp3) is 0.471. The topological polar surface area (TPSA) is 96.5 Å². The zero-order valence-corrected chi connectivity index (χ0v) is 13.8. The van der Waals surface area contributed by atoms with Crippen LogP contribution in [0.15, 0.2) is 24.3 Å². The molecule has 1 aromatic rings. The Morgan fingerprint density at radius 3 is 2.25 bits per heavy atom. The first-order chi connectivity index (χ1) is 11.6. The number of hydrogen-bond acceptors (Lipinski definition) is 5. The van der Waals surface area contributed by atoms with Gasteiger partial charge in [-0.1, -0.05) is 0 Å². The lowest BCUT2D eigenvalue weighted by molar-refractivity contribution is -0.126. The Kier molecular flexibility index (Phi) is 6.74. The number of amides is 2. The van der Waals surface area contributed by atoms with Crippen LogP contribution < -0.4 is 20.7 Å². The van der Waals surface area contributed by atoms with Gasteiger partial charge in [-0.3, -0.25) is 14.4 Å². The fourth-order valence-corrected chi connectivity index (χ4v) is 2.21. The Labute approximate surface area is 141 Å². The first-order valence-corrected chi connectivity index (χ1v) is 8.00. The zero-order valence-electron chi connectivity index (χ0n) is 13.8. The molecule has 0 saturated carbocycles. The van der Waals surface area contributed by atoms with Gasteiger partial charge in [0.2, 0.25) is 11.8 Å². The number of hydrogen-bond donors (Lipinski definition) is 3.